The highest BCUT2D eigenvalue weighted by Crippen LogP contribution is 2.23. The Bertz CT molecular complexity index is 617. The molecule has 0 saturated heterocycles. The maximum absolute atomic E-state index is 12.4. The zero-order valence-corrected chi connectivity index (χ0v) is 13.7. The molecule has 21 heavy (non-hydrogen) atoms. The number of hydrogen-bond donors (Lipinski definition) is 2. The van der Waals surface area contributed by atoms with E-state index in [1.165, 1.54) is 25.3 Å². The van der Waals surface area contributed by atoms with Crippen molar-refractivity contribution in [3.63, 3.8) is 0 Å². The summed E-state index contributed by atoms with van der Waals surface area (Å²) in [4.78, 5) is 11.3. The van der Waals surface area contributed by atoms with Gasteiger partial charge in [-0.05, 0) is 24.1 Å². The van der Waals surface area contributed by atoms with Gasteiger partial charge in [0.25, 0.3) is 0 Å². The molecule has 8 heteroatoms. The van der Waals surface area contributed by atoms with Crippen LogP contribution >= 0.6 is 11.6 Å². The van der Waals surface area contributed by atoms with Crippen LogP contribution in [0.5, 0.6) is 0 Å². The van der Waals surface area contributed by atoms with Crippen LogP contribution in [0.15, 0.2) is 23.1 Å². The minimum absolute atomic E-state index is 0.0207. The maximum atomic E-state index is 12.4. The minimum Gasteiger partial charge on any atom is -0.465 e. The van der Waals surface area contributed by atoms with Crippen molar-refractivity contribution in [1.29, 1.82) is 0 Å². The zero-order chi connectivity index (χ0) is 16.2. The standard InChI is InChI=1S/C13H19ClN2O4S/c1-8(2)11(7-15)16-21(18,19)12-6-9(13(17)20-3)4-5-10(12)14/h4-6,8,11,16H,7,15H2,1-3H3. The summed E-state index contributed by atoms with van der Waals surface area (Å²) < 4.78 is 31.8. The lowest BCUT2D eigenvalue weighted by molar-refractivity contribution is 0.0600. The van der Waals surface area contributed by atoms with Crippen LogP contribution in [0.1, 0.15) is 24.2 Å². The van der Waals surface area contributed by atoms with E-state index in [-0.39, 0.29) is 27.9 Å². The molecule has 0 spiro atoms. The van der Waals surface area contributed by atoms with Crippen molar-refractivity contribution < 1.29 is 17.9 Å². The van der Waals surface area contributed by atoms with Crippen molar-refractivity contribution in [2.75, 3.05) is 13.7 Å². The molecule has 0 bridgehead atoms. The molecule has 3 N–H and O–H groups in total. The number of rotatable bonds is 6. The molecule has 0 aliphatic carbocycles. The average molecular weight is 335 g/mol. The summed E-state index contributed by atoms with van der Waals surface area (Å²) in [6, 6.07) is 3.50. The Morgan fingerprint density at radius 1 is 1.43 bits per heavy atom. The van der Waals surface area contributed by atoms with Gasteiger partial charge in [-0.1, -0.05) is 25.4 Å². The molecular weight excluding hydrogens is 316 g/mol. The Balaban J connectivity index is 3.21. The fourth-order valence-corrected chi connectivity index (χ4v) is 3.60. The summed E-state index contributed by atoms with van der Waals surface area (Å²) in [7, 11) is -2.67. The average Bonchev–Trinajstić information content (AvgIpc) is 2.43. The van der Waals surface area contributed by atoms with Crippen molar-refractivity contribution in [2.24, 2.45) is 11.7 Å². The second-order valence-electron chi connectivity index (χ2n) is 4.84. The molecule has 1 aromatic carbocycles. The summed E-state index contributed by atoms with van der Waals surface area (Å²) in [5, 5.41) is 0.0229. The van der Waals surface area contributed by atoms with Crippen molar-refractivity contribution in [3.05, 3.63) is 28.8 Å². The summed E-state index contributed by atoms with van der Waals surface area (Å²) in [5.41, 5.74) is 5.67. The number of halogens is 1. The Morgan fingerprint density at radius 2 is 2.05 bits per heavy atom. The summed E-state index contributed by atoms with van der Waals surface area (Å²) >= 11 is 5.93. The smallest absolute Gasteiger partial charge is 0.337 e. The van der Waals surface area contributed by atoms with E-state index in [4.69, 9.17) is 17.3 Å². The van der Waals surface area contributed by atoms with E-state index in [0.29, 0.717) is 0 Å². The molecule has 0 heterocycles. The first-order valence-electron chi connectivity index (χ1n) is 6.33. The highest BCUT2D eigenvalue weighted by molar-refractivity contribution is 7.89. The lowest BCUT2D eigenvalue weighted by Gasteiger charge is -2.21. The Morgan fingerprint density at radius 3 is 2.52 bits per heavy atom. The molecule has 1 unspecified atom stereocenters. The molecule has 0 fully saturated rings. The van der Waals surface area contributed by atoms with Crippen LogP contribution in [-0.2, 0) is 14.8 Å². The van der Waals surface area contributed by atoms with E-state index in [1.807, 2.05) is 13.8 Å². The first-order valence-corrected chi connectivity index (χ1v) is 8.19. The lowest BCUT2D eigenvalue weighted by atomic mass is 10.1. The first kappa shape index (κ1) is 17.9. The predicted octanol–water partition coefficient (Wildman–Crippen LogP) is 1.39. The van der Waals surface area contributed by atoms with Gasteiger partial charge >= 0.3 is 5.97 Å². The fourth-order valence-electron chi connectivity index (χ4n) is 1.67. The number of carbonyl (C=O) groups excluding carboxylic acids is 1. The number of ether oxygens (including phenoxy) is 1. The topological polar surface area (TPSA) is 98.5 Å². The summed E-state index contributed by atoms with van der Waals surface area (Å²) in [5.74, 6) is -0.616. The third-order valence-electron chi connectivity index (χ3n) is 3.01. The van der Waals surface area contributed by atoms with Gasteiger partial charge in [-0.3, -0.25) is 0 Å². The molecular formula is C13H19ClN2O4S. The van der Waals surface area contributed by atoms with Gasteiger partial charge in [-0.15, -0.1) is 0 Å². The summed E-state index contributed by atoms with van der Waals surface area (Å²) in [6.07, 6.45) is 0. The molecule has 1 atom stereocenters. The predicted molar refractivity (Wildman–Crippen MR) is 80.8 cm³/mol. The van der Waals surface area contributed by atoms with Gasteiger partial charge < -0.3 is 10.5 Å². The molecule has 0 saturated carbocycles. The quantitative estimate of drug-likeness (QED) is 0.766. The number of nitrogens with one attached hydrogen (secondary N) is 1. The van der Waals surface area contributed by atoms with Crippen molar-refractivity contribution in [2.45, 2.75) is 24.8 Å². The third-order valence-corrected chi connectivity index (χ3v) is 4.98. The Hall–Kier alpha value is -1.15. The largest absolute Gasteiger partial charge is 0.465 e. The lowest BCUT2D eigenvalue weighted by Crippen LogP contribution is -2.43. The van der Waals surface area contributed by atoms with Crippen molar-refractivity contribution in [3.8, 4) is 0 Å². The number of sulfonamides is 1. The third kappa shape index (κ3) is 4.41. The highest BCUT2D eigenvalue weighted by Gasteiger charge is 2.24. The molecule has 0 aliphatic rings. The monoisotopic (exact) mass is 334 g/mol. The molecule has 118 valence electrons. The van der Waals surface area contributed by atoms with Crippen LogP contribution in [-0.4, -0.2) is 34.1 Å². The molecule has 0 aliphatic heterocycles. The van der Waals surface area contributed by atoms with Gasteiger partial charge in [-0.2, -0.15) is 0 Å². The van der Waals surface area contributed by atoms with Crippen LogP contribution in [0.3, 0.4) is 0 Å². The normalized spacial score (nSPS) is 13.2. The van der Waals surface area contributed by atoms with Gasteiger partial charge in [-0.25, -0.2) is 17.9 Å². The molecule has 6 nitrogen and oxygen atoms in total. The van der Waals surface area contributed by atoms with Crippen LogP contribution in [0, 0.1) is 5.92 Å². The Kier molecular flexibility index (Phi) is 6.15. The number of benzene rings is 1. The minimum atomic E-state index is -3.88. The van der Waals surface area contributed by atoms with Gasteiger partial charge in [0.1, 0.15) is 4.90 Å². The number of carbonyl (C=O) groups is 1. The number of methoxy groups -OCH3 is 1. The SMILES string of the molecule is COC(=O)c1ccc(Cl)c(S(=O)(=O)NC(CN)C(C)C)c1. The zero-order valence-electron chi connectivity index (χ0n) is 12.1. The van der Waals surface area contributed by atoms with E-state index in [2.05, 4.69) is 9.46 Å². The van der Waals surface area contributed by atoms with Crippen LogP contribution in [0.2, 0.25) is 5.02 Å². The van der Waals surface area contributed by atoms with E-state index in [0.717, 1.165) is 0 Å². The van der Waals surface area contributed by atoms with Crippen molar-refractivity contribution >= 4 is 27.6 Å². The number of nitrogens with two attached hydrogens (primary N) is 1. The maximum Gasteiger partial charge on any atom is 0.337 e. The molecule has 1 aromatic rings. The van der Waals surface area contributed by atoms with E-state index >= 15 is 0 Å². The van der Waals surface area contributed by atoms with Crippen LogP contribution in [0.4, 0.5) is 0 Å². The highest BCUT2D eigenvalue weighted by atomic mass is 35.5. The molecule has 0 radical (unpaired) electrons. The number of esters is 1. The van der Waals surface area contributed by atoms with E-state index < -0.39 is 22.0 Å². The summed E-state index contributed by atoms with van der Waals surface area (Å²) in [6.45, 7) is 3.87. The first-order chi connectivity index (χ1) is 9.72. The van der Waals surface area contributed by atoms with E-state index in [1.54, 1.807) is 0 Å². The van der Waals surface area contributed by atoms with Gasteiger partial charge in [0, 0.05) is 12.6 Å². The van der Waals surface area contributed by atoms with Crippen LogP contribution in [0.25, 0.3) is 0 Å². The van der Waals surface area contributed by atoms with Crippen LogP contribution < -0.4 is 10.5 Å². The number of hydrogen-bond acceptors (Lipinski definition) is 5. The Labute approximate surface area is 129 Å². The van der Waals surface area contributed by atoms with E-state index in [9.17, 15) is 13.2 Å². The second-order valence-corrected chi connectivity index (χ2v) is 6.93. The molecule has 0 aromatic heterocycles. The second kappa shape index (κ2) is 7.22. The van der Waals surface area contributed by atoms with Gasteiger partial charge in [0.15, 0.2) is 0 Å². The van der Waals surface area contributed by atoms with Gasteiger partial charge in [0.2, 0.25) is 10.0 Å². The molecule has 1 rings (SSSR count). The van der Waals surface area contributed by atoms with Gasteiger partial charge in [0.05, 0.1) is 17.7 Å². The molecule has 0 amide bonds. The van der Waals surface area contributed by atoms with Crippen molar-refractivity contribution in [1.82, 2.24) is 4.72 Å². The fraction of sp³-hybridized carbons (Fsp3) is 0.462.